The average Bonchev–Trinajstić information content (AvgIpc) is 3.29. The van der Waals surface area contributed by atoms with Crippen molar-refractivity contribution < 1.29 is 14.3 Å². The minimum atomic E-state index is -0.494. The number of rotatable bonds is 4. The molecule has 4 rings (SSSR count). The summed E-state index contributed by atoms with van der Waals surface area (Å²) in [7, 11) is 0. The van der Waals surface area contributed by atoms with Gasteiger partial charge in [-0.2, -0.15) is 0 Å². The van der Waals surface area contributed by atoms with Gasteiger partial charge in [-0.05, 0) is 89.3 Å². The largest absolute Gasteiger partial charge is 0.444 e. The number of benzene rings is 1. The number of anilines is 2. The first kappa shape index (κ1) is 23.2. The molecule has 0 saturated carbocycles. The molecule has 0 bridgehead atoms. The molecule has 178 valence electrons. The zero-order valence-electron chi connectivity index (χ0n) is 20.0. The Morgan fingerprint density at radius 3 is 2.24 bits per heavy atom. The third kappa shape index (κ3) is 5.89. The summed E-state index contributed by atoms with van der Waals surface area (Å²) in [5.41, 5.74) is 2.16. The van der Waals surface area contributed by atoms with Gasteiger partial charge in [0.25, 0.3) is 5.91 Å². The predicted octanol–water partition coefficient (Wildman–Crippen LogP) is 5.30. The Hall–Kier alpha value is -2.96. The van der Waals surface area contributed by atoms with Crippen LogP contribution >= 0.6 is 0 Å². The highest BCUT2D eigenvalue weighted by Gasteiger charge is 2.28. The van der Waals surface area contributed by atoms with E-state index in [9.17, 15) is 9.59 Å². The molecule has 0 unspecified atom stereocenters. The van der Waals surface area contributed by atoms with Gasteiger partial charge in [0.2, 0.25) is 0 Å². The molecule has 2 aromatic rings. The molecule has 3 heterocycles. The highest BCUT2D eigenvalue weighted by molar-refractivity contribution is 6.03. The van der Waals surface area contributed by atoms with Crippen LogP contribution in [-0.4, -0.2) is 53.2 Å². The van der Waals surface area contributed by atoms with Gasteiger partial charge in [-0.15, -0.1) is 0 Å². The first-order valence-corrected chi connectivity index (χ1v) is 12.1. The minimum absolute atomic E-state index is 0.111. The number of likely N-dealkylation sites (tertiary alicyclic amines) is 1. The number of piperidine rings is 2. The first-order chi connectivity index (χ1) is 15.8. The van der Waals surface area contributed by atoms with Crippen LogP contribution in [0.3, 0.4) is 0 Å². The molecular formula is C26H36N4O3. The van der Waals surface area contributed by atoms with Crippen molar-refractivity contribution in [2.45, 2.75) is 64.5 Å². The number of ether oxygens (including phenoxy) is 1. The molecule has 2 fully saturated rings. The van der Waals surface area contributed by atoms with Gasteiger partial charge in [0.1, 0.15) is 11.3 Å². The number of hydrogen-bond acceptors (Lipinski definition) is 4. The Bertz CT molecular complexity index is 947. The molecule has 0 atom stereocenters. The molecule has 7 nitrogen and oxygen atoms in total. The molecule has 1 aromatic carbocycles. The van der Waals surface area contributed by atoms with Crippen molar-refractivity contribution in [2.24, 2.45) is 0 Å². The van der Waals surface area contributed by atoms with Crippen molar-refractivity contribution in [3.05, 3.63) is 48.3 Å². The van der Waals surface area contributed by atoms with Gasteiger partial charge < -0.3 is 24.4 Å². The van der Waals surface area contributed by atoms with Crippen molar-refractivity contribution in [2.75, 3.05) is 36.4 Å². The number of carbonyl (C=O) groups is 2. The van der Waals surface area contributed by atoms with Crippen molar-refractivity contribution >= 4 is 23.4 Å². The van der Waals surface area contributed by atoms with Crippen molar-refractivity contribution in [3.63, 3.8) is 0 Å². The van der Waals surface area contributed by atoms with E-state index in [1.165, 1.54) is 24.9 Å². The van der Waals surface area contributed by atoms with Crippen LogP contribution in [0, 0.1) is 0 Å². The number of nitrogens with zero attached hydrogens (tertiary/aromatic N) is 3. The van der Waals surface area contributed by atoms with E-state index in [-0.39, 0.29) is 18.0 Å². The van der Waals surface area contributed by atoms with E-state index in [0.717, 1.165) is 31.6 Å². The van der Waals surface area contributed by atoms with Crippen molar-refractivity contribution in [3.8, 4) is 0 Å². The summed E-state index contributed by atoms with van der Waals surface area (Å²) in [5.74, 6) is -0.111. The number of carbonyl (C=O) groups excluding carboxylic acids is 2. The van der Waals surface area contributed by atoms with Crippen LogP contribution in [0.25, 0.3) is 0 Å². The molecule has 1 N–H and O–H groups in total. The molecule has 2 saturated heterocycles. The van der Waals surface area contributed by atoms with Gasteiger partial charge in [0.05, 0.1) is 0 Å². The summed E-state index contributed by atoms with van der Waals surface area (Å²) in [4.78, 5) is 29.5. The van der Waals surface area contributed by atoms with Crippen LogP contribution < -0.4 is 10.2 Å². The summed E-state index contributed by atoms with van der Waals surface area (Å²) in [6.45, 7) is 9.09. The Balaban J connectivity index is 1.34. The second-order valence-corrected chi connectivity index (χ2v) is 10.0. The maximum Gasteiger partial charge on any atom is 0.410 e. The van der Waals surface area contributed by atoms with E-state index in [4.69, 9.17) is 4.74 Å². The SMILES string of the molecule is CC(C)(C)OC(=O)N1CCC(n2cccc2C(=O)Nc2ccc(N3CCCCC3)cc2)CC1. The van der Waals surface area contributed by atoms with Crippen LogP contribution in [0.5, 0.6) is 0 Å². The standard InChI is InChI=1S/C26H36N4O3/c1-26(2,3)33-25(32)29-18-13-22(14-19-29)30-17-7-8-23(30)24(31)27-20-9-11-21(12-10-20)28-15-5-4-6-16-28/h7-12,17,22H,4-6,13-16,18-19H2,1-3H3,(H,27,31). The lowest BCUT2D eigenvalue weighted by Crippen LogP contribution is -2.42. The second kappa shape index (κ2) is 9.89. The molecule has 2 amide bonds. The van der Waals surface area contributed by atoms with Crippen molar-refractivity contribution in [1.29, 1.82) is 0 Å². The maximum atomic E-state index is 13.0. The highest BCUT2D eigenvalue weighted by Crippen LogP contribution is 2.27. The lowest BCUT2D eigenvalue weighted by Gasteiger charge is -2.34. The highest BCUT2D eigenvalue weighted by atomic mass is 16.6. The molecule has 0 aliphatic carbocycles. The van der Waals surface area contributed by atoms with Gasteiger partial charge in [-0.25, -0.2) is 4.79 Å². The van der Waals surface area contributed by atoms with E-state index in [0.29, 0.717) is 18.8 Å². The molecular weight excluding hydrogens is 416 g/mol. The van der Waals surface area contributed by atoms with E-state index in [1.54, 1.807) is 4.90 Å². The second-order valence-electron chi connectivity index (χ2n) is 10.0. The summed E-state index contributed by atoms with van der Waals surface area (Å²) in [5, 5.41) is 3.04. The zero-order valence-corrected chi connectivity index (χ0v) is 20.0. The van der Waals surface area contributed by atoms with Gasteiger partial charge in [-0.3, -0.25) is 4.79 Å². The number of amides is 2. The third-order valence-electron chi connectivity index (χ3n) is 6.37. The lowest BCUT2D eigenvalue weighted by atomic mass is 10.0. The Kier molecular flexibility index (Phi) is 6.96. The summed E-state index contributed by atoms with van der Waals surface area (Å²) >= 11 is 0. The van der Waals surface area contributed by atoms with Gasteiger partial charge in [-0.1, -0.05) is 0 Å². The quantitative estimate of drug-likeness (QED) is 0.683. The predicted molar refractivity (Wildman–Crippen MR) is 131 cm³/mol. The summed E-state index contributed by atoms with van der Waals surface area (Å²) < 4.78 is 7.54. The monoisotopic (exact) mass is 452 g/mol. The van der Waals surface area contributed by atoms with E-state index < -0.39 is 5.60 Å². The van der Waals surface area contributed by atoms with Crippen LogP contribution in [0.1, 0.15) is 69.4 Å². The molecule has 1 aromatic heterocycles. The first-order valence-electron chi connectivity index (χ1n) is 12.1. The fraction of sp³-hybridized carbons (Fsp3) is 0.538. The molecule has 2 aliphatic rings. The topological polar surface area (TPSA) is 66.8 Å². The normalized spacial score (nSPS) is 17.7. The third-order valence-corrected chi connectivity index (χ3v) is 6.37. The van der Waals surface area contributed by atoms with Gasteiger partial charge in [0.15, 0.2) is 0 Å². The van der Waals surface area contributed by atoms with Crippen molar-refractivity contribution in [1.82, 2.24) is 9.47 Å². The number of aromatic nitrogens is 1. The Labute approximate surface area is 196 Å². The Morgan fingerprint density at radius 1 is 0.939 bits per heavy atom. The summed E-state index contributed by atoms with van der Waals surface area (Å²) in [6.07, 6.45) is 7.07. The fourth-order valence-corrected chi connectivity index (χ4v) is 4.66. The zero-order chi connectivity index (χ0) is 23.4. The summed E-state index contributed by atoms with van der Waals surface area (Å²) in [6, 6.07) is 12.1. The van der Waals surface area contributed by atoms with Crippen LogP contribution in [-0.2, 0) is 4.74 Å². The van der Waals surface area contributed by atoms with Crippen LogP contribution in [0.2, 0.25) is 0 Å². The number of nitrogens with one attached hydrogen (secondary N) is 1. The van der Waals surface area contributed by atoms with Gasteiger partial charge >= 0.3 is 6.09 Å². The van der Waals surface area contributed by atoms with Crippen LogP contribution in [0.15, 0.2) is 42.6 Å². The fourth-order valence-electron chi connectivity index (χ4n) is 4.66. The molecule has 0 radical (unpaired) electrons. The molecule has 33 heavy (non-hydrogen) atoms. The average molecular weight is 453 g/mol. The van der Waals surface area contributed by atoms with E-state index in [2.05, 4.69) is 22.3 Å². The molecule has 7 heteroatoms. The molecule has 2 aliphatic heterocycles. The smallest absolute Gasteiger partial charge is 0.410 e. The Morgan fingerprint density at radius 2 is 1.61 bits per heavy atom. The van der Waals surface area contributed by atoms with Gasteiger partial charge in [0, 0.05) is 49.8 Å². The van der Waals surface area contributed by atoms with E-state index in [1.807, 2.05) is 55.8 Å². The van der Waals surface area contributed by atoms with Crippen LogP contribution in [0.4, 0.5) is 16.2 Å². The lowest BCUT2D eigenvalue weighted by molar-refractivity contribution is 0.0187. The molecule has 0 spiro atoms. The number of hydrogen-bond donors (Lipinski definition) is 1. The minimum Gasteiger partial charge on any atom is -0.444 e. The van der Waals surface area contributed by atoms with E-state index >= 15 is 0 Å². The maximum absolute atomic E-state index is 13.0.